The molecule has 0 amide bonds. The lowest BCUT2D eigenvalue weighted by Crippen LogP contribution is -3.00. The molecule has 0 heterocycles. The van der Waals surface area contributed by atoms with Crippen molar-refractivity contribution in [3.63, 3.8) is 0 Å². The molecule has 1 aromatic carbocycles. The van der Waals surface area contributed by atoms with E-state index in [9.17, 15) is 0 Å². The third-order valence-corrected chi connectivity index (χ3v) is 1.27. The van der Waals surface area contributed by atoms with E-state index in [-0.39, 0.29) is 12.4 Å². The number of quaternary nitrogens is 1. The summed E-state index contributed by atoms with van der Waals surface area (Å²) >= 11 is 0. The molecule has 0 aliphatic rings. The second-order valence-electron chi connectivity index (χ2n) is 1.99. The summed E-state index contributed by atoms with van der Waals surface area (Å²) in [5, 5.41) is 0. The van der Waals surface area contributed by atoms with E-state index in [1.54, 1.807) is 0 Å². The lowest BCUT2D eigenvalue weighted by atomic mass is 10.2. The molecule has 0 unspecified atom stereocenters. The van der Waals surface area contributed by atoms with E-state index < -0.39 is 0 Å². The van der Waals surface area contributed by atoms with Crippen molar-refractivity contribution in [2.75, 3.05) is 5.73 Å². The first-order chi connectivity index (χ1) is 4.33. The van der Waals surface area contributed by atoms with Crippen LogP contribution in [0.5, 0.6) is 0 Å². The Kier molecular flexibility index (Phi) is 3.84. The smallest absolute Gasteiger partial charge is 0.0997 e. The van der Waals surface area contributed by atoms with Crippen LogP contribution in [-0.2, 0) is 6.54 Å². The molecule has 0 saturated heterocycles. The maximum atomic E-state index is 5.46. The van der Waals surface area contributed by atoms with Crippen LogP contribution >= 0.6 is 0 Å². The normalized spacial score (nSPS) is 8.50. The van der Waals surface area contributed by atoms with Gasteiger partial charge in [0.1, 0.15) is 0 Å². The standard InChI is InChI=1S/C7H10N2.ClH/c8-5-6-1-3-7(9)4-2-6;/h1-4H,5,8-9H2;1H. The second-order valence-corrected chi connectivity index (χ2v) is 1.99. The van der Waals surface area contributed by atoms with Gasteiger partial charge in [-0.05, 0) is 12.1 Å². The summed E-state index contributed by atoms with van der Waals surface area (Å²) in [6.45, 7) is 0.834. The van der Waals surface area contributed by atoms with E-state index in [2.05, 4.69) is 5.73 Å². The predicted molar refractivity (Wildman–Crippen MR) is 37.4 cm³/mol. The minimum Gasteiger partial charge on any atom is -1.00 e. The summed E-state index contributed by atoms with van der Waals surface area (Å²) in [5.74, 6) is 0. The molecule has 5 N–H and O–H groups in total. The van der Waals surface area contributed by atoms with E-state index in [1.165, 1.54) is 5.56 Å². The minimum atomic E-state index is 0. The fourth-order valence-corrected chi connectivity index (χ4v) is 0.684. The first kappa shape index (κ1) is 9.27. The van der Waals surface area contributed by atoms with Crippen LogP contribution in [0.3, 0.4) is 0 Å². The van der Waals surface area contributed by atoms with E-state index in [4.69, 9.17) is 5.73 Å². The van der Waals surface area contributed by atoms with E-state index in [0.29, 0.717) is 0 Å². The monoisotopic (exact) mass is 158 g/mol. The van der Waals surface area contributed by atoms with Crippen LogP contribution in [0.15, 0.2) is 24.3 Å². The fraction of sp³-hybridized carbons (Fsp3) is 0.143. The lowest BCUT2D eigenvalue weighted by molar-refractivity contribution is -0.386. The quantitative estimate of drug-likeness (QED) is 0.421. The molecule has 3 heteroatoms. The van der Waals surface area contributed by atoms with Crippen LogP contribution in [0.25, 0.3) is 0 Å². The Hall–Kier alpha value is -0.730. The SMILES string of the molecule is Nc1ccc(C[NH3+])cc1.[Cl-]. The largest absolute Gasteiger partial charge is 1.00 e. The fourth-order valence-electron chi connectivity index (χ4n) is 0.684. The van der Waals surface area contributed by atoms with Gasteiger partial charge in [0.25, 0.3) is 0 Å². The number of halogens is 1. The van der Waals surface area contributed by atoms with Gasteiger partial charge in [0, 0.05) is 11.3 Å². The average molecular weight is 159 g/mol. The zero-order valence-electron chi connectivity index (χ0n) is 5.68. The lowest BCUT2D eigenvalue weighted by Gasteiger charge is -1.92. The highest BCUT2D eigenvalue weighted by molar-refractivity contribution is 5.38. The van der Waals surface area contributed by atoms with Crippen molar-refractivity contribution < 1.29 is 18.1 Å². The number of rotatable bonds is 1. The van der Waals surface area contributed by atoms with Crippen molar-refractivity contribution in [2.24, 2.45) is 0 Å². The van der Waals surface area contributed by atoms with Crippen molar-refractivity contribution in [1.82, 2.24) is 0 Å². The number of nitrogen functional groups attached to an aromatic ring is 1. The maximum absolute atomic E-state index is 5.46. The highest BCUT2D eigenvalue weighted by atomic mass is 35.5. The molecule has 0 aliphatic heterocycles. The first-order valence-corrected chi connectivity index (χ1v) is 2.96. The van der Waals surface area contributed by atoms with Crippen molar-refractivity contribution in [2.45, 2.75) is 6.54 Å². The number of anilines is 1. The Bertz CT molecular complexity index is 183. The highest BCUT2D eigenvalue weighted by Gasteiger charge is 1.87. The van der Waals surface area contributed by atoms with Gasteiger partial charge in [-0.3, -0.25) is 0 Å². The Labute approximate surface area is 66.6 Å². The Morgan fingerprint density at radius 3 is 2.10 bits per heavy atom. The molecule has 0 bridgehead atoms. The molecular formula is C7H11ClN2. The second kappa shape index (κ2) is 4.14. The number of nitrogens with two attached hydrogens (primary N) is 1. The van der Waals surface area contributed by atoms with Crippen LogP contribution in [-0.4, -0.2) is 0 Å². The molecular weight excluding hydrogens is 148 g/mol. The van der Waals surface area contributed by atoms with Gasteiger partial charge in [-0.1, -0.05) is 12.1 Å². The zero-order chi connectivity index (χ0) is 6.69. The van der Waals surface area contributed by atoms with Crippen LogP contribution in [0.1, 0.15) is 5.56 Å². The van der Waals surface area contributed by atoms with Crippen LogP contribution in [0.2, 0.25) is 0 Å². The Morgan fingerprint density at radius 1 is 1.20 bits per heavy atom. The molecule has 0 saturated carbocycles. The van der Waals surface area contributed by atoms with E-state index in [1.807, 2.05) is 24.3 Å². The molecule has 0 spiro atoms. The maximum Gasteiger partial charge on any atom is 0.0997 e. The molecule has 2 nitrogen and oxygen atoms in total. The average Bonchev–Trinajstić information content (AvgIpc) is 1.90. The van der Waals surface area contributed by atoms with Gasteiger partial charge in [-0.25, -0.2) is 0 Å². The topological polar surface area (TPSA) is 53.7 Å². The Balaban J connectivity index is 0.000000810. The summed E-state index contributed by atoms with van der Waals surface area (Å²) < 4.78 is 0. The van der Waals surface area contributed by atoms with Gasteiger partial charge in [0.05, 0.1) is 6.54 Å². The van der Waals surface area contributed by atoms with Crippen LogP contribution < -0.4 is 23.9 Å². The van der Waals surface area contributed by atoms with Crippen molar-refractivity contribution in [3.8, 4) is 0 Å². The molecule has 0 aromatic heterocycles. The Morgan fingerprint density at radius 2 is 1.70 bits per heavy atom. The summed E-state index contributed by atoms with van der Waals surface area (Å²) in [4.78, 5) is 0. The summed E-state index contributed by atoms with van der Waals surface area (Å²) in [7, 11) is 0. The highest BCUT2D eigenvalue weighted by Crippen LogP contribution is 2.02. The van der Waals surface area contributed by atoms with Gasteiger partial charge < -0.3 is 23.9 Å². The van der Waals surface area contributed by atoms with Gasteiger partial charge in [0.2, 0.25) is 0 Å². The van der Waals surface area contributed by atoms with Gasteiger partial charge in [-0.2, -0.15) is 0 Å². The molecule has 1 aromatic rings. The van der Waals surface area contributed by atoms with Crippen molar-refractivity contribution >= 4 is 5.69 Å². The molecule has 10 heavy (non-hydrogen) atoms. The number of hydrogen-bond donors (Lipinski definition) is 2. The molecule has 0 aliphatic carbocycles. The molecule has 0 atom stereocenters. The van der Waals surface area contributed by atoms with Gasteiger partial charge in [0.15, 0.2) is 0 Å². The van der Waals surface area contributed by atoms with E-state index in [0.717, 1.165) is 12.2 Å². The first-order valence-electron chi connectivity index (χ1n) is 2.96. The minimum absolute atomic E-state index is 0. The van der Waals surface area contributed by atoms with Crippen molar-refractivity contribution in [3.05, 3.63) is 29.8 Å². The summed E-state index contributed by atoms with van der Waals surface area (Å²) in [5.41, 5.74) is 11.2. The molecule has 56 valence electrons. The van der Waals surface area contributed by atoms with Gasteiger partial charge in [-0.15, -0.1) is 0 Å². The summed E-state index contributed by atoms with van der Waals surface area (Å²) in [6, 6.07) is 7.76. The molecule has 0 radical (unpaired) electrons. The number of benzene rings is 1. The summed E-state index contributed by atoms with van der Waals surface area (Å²) in [6.07, 6.45) is 0. The predicted octanol–water partition coefficient (Wildman–Crippen LogP) is -2.99. The van der Waals surface area contributed by atoms with E-state index >= 15 is 0 Å². The van der Waals surface area contributed by atoms with Crippen molar-refractivity contribution in [1.29, 1.82) is 0 Å². The third-order valence-electron chi connectivity index (χ3n) is 1.27. The third kappa shape index (κ3) is 2.25. The molecule has 1 rings (SSSR count). The molecule has 0 fully saturated rings. The van der Waals surface area contributed by atoms with Crippen LogP contribution in [0.4, 0.5) is 5.69 Å². The van der Waals surface area contributed by atoms with Gasteiger partial charge >= 0.3 is 0 Å². The zero-order valence-corrected chi connectivity index (χ0v) is 6.43. The van der Waals surface area contributed by atoms with Crippen LogP contribution in [0, 0.1) is 0 Å². The number of hydrogen-bond acceptors (Lipinski definition) is 1.